The predicted molar refractivity (Wildman–Crippen MR) is 81.6 cm³/mol. The molecule has 0 aliphatic heterocycles. The second-order valence-electron chi connectivity index (χ2n) is 4.44. The standard InChI is InChI=1S/C15H12BrN3O2/c16-11-5-3-10(4-6-11)13-8-14(19-18-13)15(20)17-9-12-2-1-7-21-12/h1-8H,9H2,(H,17,20)(H,18,19). The van der Waals surface area contributed by atoms with Crippen LogP contribution in [0.1, 0.15) is 16.2 Å². The van der Waals surface area contributed by atoms with Gasteiger partial charge in [0.15, 0.2) is 0 Å². The van der Waals surface area contributed by atoms with Crippen molar-refractivity contribution in [3.63, 3.8) is 0 Å². The van der Waals surface area contributed by atoms with Gasteiger partial charge >= 0.3 is 0 Å². The number of carbonyl (C=O) groups excluding carboxylic acids is 1. The van der Waals surface area contributed by atoms with Gasteiger partial charge in [-0.2, -0.15) is 5.10 Å². The van der Waals surface area contributed by atoms with Crippen LogP contribution in [0.25, 0.3) is 11.3 Å². The van der Waals surface area contributed by atoms with Gasteiger partial charge in [0.2, 0.25) is 0 Å². The first-order valence-corrected chi connectivity index (χ1v) is 7.13. The Hall–Kier alpha value is -2.34. The molecule has 2 aromatic heterocycles. The third-order valence-corrected chi connectivity index (χ3v) is 3.49. The van der Waals surface area contributed by atoms with E-state index in [1.807, 2.05) is 24.3 Å². The van der Waals surface area contributed by atoms with Gasteiger partial charge in [0.05, 0.1) is 18.5 Å². The summed E-state index contributed by atoms with van der Waals surface area (Å²) in [5, 5.41) is 9.67. The van der Waals surface area contributed by atoms with Crippen LogP contribution >= 0.6 is 15.9 Å². The van der Waals surface area contributed by atoms with E-state index in [9.17, 15) is 4.79 Å². The molecule has 0 saturated carbocycles. The highest BCUT2D eigenvalue weighted by molar-refractivity contribution is 9.10. The van der Waals surface area contributed by atoms with Crippen LogP contribution in [0.3, 0.4) is 0 Å². The van der Waals surface area contributed by atoms with E-state index in [1.54, 1.807) is 24.5 Å². The van der Waals surface area contributed by atoms with E-state index in [-0.39, 0.29) is 5.91 Å². The summed E-state index contributed by atoms with van der Waals surface area (Å²) in [6.07, 6.45) is 1.57. The first kappa shape index (κ1) is 13.6. The van der Waals surface area contributed by atoms with Crippen LogP contribution in [0.4, 0.5) is 0 Å². The lowest BCUT2D eigenvalue weighted by atomic mass is 10.1. The predicted octanol–water partition coefficient (Wildman–Crippen LogP) is 3.36. The molecule has 3 rings (SSSR count). The van der Waals surface area contributed by atoms with Crippen LogP contribution in [0.2, 0.25) is 0 Å². The average Bonchev–Trinajstić information content (AvgIpc) is 3.17. The van der Waals surface area contributed by atoms with Crippen molar-refractivity contribution < 1.29 is 9.21 Å². The zero-order valence-electron chi connectivity index (χ0n) is 11.0. The normalized spacial score (nSPS) is 10.5. The second kappa shape index (κ2) is 5.97. The van der Waals surface area contributed by atoms with E-state index < -0.39 is 0 Å². The van der Waals surface area contributed by atoms with Crippen molar-refractivity contribution >= 4 is 21.8 Å². The number of furan rings is 1. The van der Waals surface area contributed by atoms with Gasteiger partial charge in [-0.15, -0.1) is 0 Å². The monoisotopic (exact) mass is 345 g/mol. The van der Waals surface area contributed by atoms with Crippen LogP contribution < -0.4 is 5.32 Å². The molecule has 21 heavy (non-hydrogen) atoms. The highest BCUT2D eigenvalue weighted by atomic mass is 79.9. The van der Waals surface area contributed by atoms with Crippen molar-refractivity contribution in [3.8, 4) is 11.3 Å². The molecular formula is C15H12BrN3O2. The molecule has 3 aromatic rings. The van der Waals surface area contributed by atoms with E-state index in [0.29, 0.717) is 18.0 Å². The minimum Gasteiger partial charge on any atom is -0.467 e. The molecule has 0 aliphatic rings. The Bertz CT molecular complexity index is 733. The van der Waals surface area contributed by atoms with Crippen molar-refractivity contribution in [3.05, 3.63) is 64.7 Å². The van der Waals surface area contributed by atoms with E-state index in [1.165, 1.54) is 0 Å². The number of H-pyrrole nitrogens is 1. The van der Waals surface area contributed by atoms with Gasteiger partial charge in [-0.05, 0) is 30.3 Å². The molecule has 2 N–H and O–H groups in total. The van der Waals surface area contributed by atoms with Gasteiger partial charge in [0.25, 0.3) is 5.91 Å². The maximum absolute atomic E-state index is 12.0. The Morgan fingerprint density at radius 2 is 2.10 bits per heavy atom. The first-order valence-electron chi connectivity index (χ1n) is 6.34. The number of rotatable bonds is 4. The Balaban J connectivity index is 1.69. The lowest BCUT2D eigenvalue weighted by Crippen LogP contribution is -2.22. The highest BCUT2D eigenvalue weighted by Gasteiger charge is 2.11. The topological polar surface area (TPSA) is 70.9 Å². The van der Waals surface area contributed by atoms with Crippen LogP contribution in [-0.2, 0) is 6.54 Å². The number of halogens is 1. The van der Waals surface area contributed by atoms with Crippen LogP contribution in [0.15, 0.2) is 57.6 Å². The maximum atomic E-state index is 12.0. The van der Waals surface area contributed by atoms with Crippen molar-refractivity contribution in [2.24, 2.45) is 0 Å². The largest absolute Gasteiger partial charge is 0.467 e. The number of hydrogen-bond donors (Lipinski definition) is 2. The van der Waals surface area contributed by atoms with Gasteiger partial charge in [-0.1, -0.05) is 28.1 Å². The number of aromatic nitrogens is 2. The molecule has 5 nitrogen and oxygen atoms in total. The molecule has 0 aliphatic carbocycles. The van der Waals surface area contributed by atoms with Gasteiger partial charge in [0.1, 0.15) is 11.5 Å². The van der Waals surface area contributed by atoms with E-state index in [0.717, 1.165) is 15.7 Å². The smallest absolute Gasteiger partial charge is 0.269 e. The van der Waals surface area contributed by atoms with Crippen LogP contribution in [0, 0.1) is 0 Å². The maximum Gasteiger partial charge on any atom is 0.269 e. The van der Waals surface area contributed by atoms with Gasteiger partial charge in [0, 0.05) is 10.0 Å². The third-order valence-electron chi connectivity index (χ3n) is 2.97. The van der Waals surface area contributed by atoms with Crippen LogP contribution in [-0.4, -0.2) is 16.1 Å². The molecule has 1 amide bonds. The van der Waals surface area contributed by atoms with E-state index in [4.69, 9.17) is 4.42 Å². The SMILES string of the molecule is O=C(NCc1ccco1)c1cc(-c2ccc(Br)cc2)n[nH]1. The molecule has 2 heterocycles. The quantitative estimate of drug-likeness (QED) is 0.761. The van der Waals surface area contributed by atoms with Gasteiger partial charge < -0.3 is 9.73 Å². The summed E-state index contributed by atoms with van der Waals surface area (Å²) in [7, 11) is 0. The molecular weight excluding hydrogens is 334 g/mol. The Morgan fingerprint density at radius 1 is 1.29 bits per heavy atom. The zero-order chi connectivity index (χ0) is 14.7. The molecule has 0 radical (unpaired) electrons. The van der Waals surface area contributed by atoms with Gasteiger partial charge in [-0.3, -0.25) is 9.89 Å². The summed E-state index contributed by atoms with van der Waals surface area (Å²) < 4.78 is 6.16. The average molecular weight is 346 g/mol. The first-order chi connectivity index (χ1) is 10.2. The van der Waals surface area contributed by atoms with Crippen LogP contribution in [0.5, 0.6) is 0 Å². The summed E-state index contributed by atoms with van der Waals surface area (Å²) in [6, 6.07) is 13.0. The summed E-state index contributed by atoms with van der Waals surface area (Å²) >= 11 is 3.38. The number of benzene rings is 1. The fourth-order valence-corrected chi connectivity index (χ4v) is 2.15. The Morgan fingerprint density at radius 3 is 2.81 bits per heavy atom. The third kappa shape index (κ3) is 3.22. The molecule has 106 valence electrons. The molecule has 0 atom stereocenters. The lowest BCUT2D eigenvalue weighted by Gasteiger charge is -1.99. The molecule has 0 unspecified atom stereocenters. The number of hydrogen-bond acceptors (Lipinski definition) is 3. The summed E-state index contributed by atoms with van der Waals surface area (Å²) in [6.45, 7) is 0.346. The summed E-state index contributed by atoms with van der Waals surface area (Å²) in [4.78, 5) is 12.0. The van der Waals surface area contributed by atoms with E-state index in [2.05, 4.69) is 31.4 Å². The molecule has 0 bridgehead atoms. The molecule has 1 aromatic carbocycles. The van der Waals surface area contributed by atoms with Crippen molar-refractivity contribution in [1.82, 2.24) is 15.5 Å². The van der Waals surface area contributed by atoms with E-state index >= 15 is 0 Å². The molecule has 6 heteroatoms. The number of amides is 1. The van der Waals surface area contributed by atoms with Gasteiger partial charge in [-0.25, -0.2) is 0 Å². The number of nitrogens with zero attached hydrogens (tertiary/aromatic N) is 1. The molecule has 0 fully saturated rings. The van der Waals surface area contributed by atoms with Crippen molar-refractivity contribution in [2.75, 3.05) is 0 Å². The Labute approximate surface area is 129 Å². The molecule has 0 saturated heterocycles. The minimum atomic E-state index is -0.220. The number of aromatic amines is 1. The lowest BCUT2D eigenvalue weighted by molar-refractivity contribution is 0.0943. The summed E-state index contributed by atoms with van der Waals surface area (Å²) in [5.41, 5.74) is 2.09. The highest BCUT2D eigenvalue weighted by Crippen LogP contribution is 2.20. The zero-order valence-corrected chi connectivity index (χ0v) is 12.6. The number of nitrogens with one attached hydrogen (secondary N) is 2. The molecule has 0 spiro atoms. The Kier molecular flexibility index (Phi) is 3.87. The van der Waals surface area contributed by atoms with Crippen molar-refractivity contribution in [2.45, 2.75) is 6.54 Å². The second-order valence-corrected chi connectivity index (χ2v) is 5.35. The number of carbonyl (C=O) groups is 1. The minimum absolute atomic E-state index is 0.220. The fraction of sp³-hybridized carbons (Fsp3) is 0.0667. The van der Waals surface area contributed by atoms with Crippen molar-refractivity contribution in [1.29, 1.82) is 0 Å². The fourth-order valence-electron chi connectivity index (χ4n) is 1.88. The summed E-state index contributed by atoms with van der Waals surface area (Å²) in [5.74, 6) is 0.485.